The number of benzene rings is 1. The molecule has 160 valence electrons. The lowest BCUT2D eigenvalue weighted by Crippen LogP contribution is -2.37. The summed E-state index contributed by atoms with van der Waals surface area (Å²) in [5.74, 6) is 0.914. The van der Waals surface area contributed by atoms with E-state index in [2.05, 4.69) is 15.2 Å². The van der Waals surface area contributed by atoms with Gasteiger partial charge in [0.1, 0.15) is 11.4 Å². The lowest BCUT2D eigenvalue weighted by molar-refractivity contribution is 0.0378. The molecular formula is C22H29N5O3. The van der Waals surface area contributed by atoms with Crippen LogP contribution in [0.2, 0.25) is 0 Å². The Bertz CT molecular complexity index is 998. The predicted octanol–water partition coefficient (Wildman–Crippen LogP) is 2.12. The number of ether oxygens (including phenoxy) is 1. The quantitative estimate of drug-likeness (QED) is 0.489. The van der Waals surface area contributed by atoms with Crippen molar-refractivity contribution in [3.8, 4) is 5.75 Å². The number of nitrogens with one attached hydrogen (secondary N) is 1. The van der Waals surface area contributed by atoms with Crippen LogP contribution in [0.3, 0.4) is 0 Å². The maximum Gasteiger partial charge on any atom is 0.204 e. The number of anilines is 1. The lowest BCUT2D eigenvalue weighted by atomic mass is 10.2. The second-order valence-electron chi connectivity index (χ2n) is 7.66. The van der Waals surface area contributed by atoms with Crippen LogP contribution in [0.1, 0.15) is 23.4 Å². The summed E-state index contributed by atoms with van der Waals surface area (Å²) in [5.41, 5.74) is 4.03. The molecule has 2 aromatic heterocycles. The van der Waals surface area contributed by atoms with Crippen molar-refractivity contribution in [3.05, 3.63) is 47.3 Å². The summed E-state index contributed by atoms with van der Waals surface area (Å²) in [6.07, 6.45) is 0.999. The van der Waals surface area contributed by atoms with Gasteiger partial charge in [-0.1, -0.05) is 6.07 Å². The number of imidazole rings is 1. The molecule has 3 heterocycles. The highest BCUT2D eigenvalue weighted by Gasteiger charge is 2.15. The van der Waals surface area contributed by atoms with Crippen molar-refractivity contribution in [2.24, 2.45) is 0 Å². The fourth-order valence-corrected chi connectivity index (χ4v) is 3.77. The summed E-state index contributed by atoms with van der Waals surface area (Å²) >= 11 is 0. The molecule has 0 atom stereocenters. The normalized spacial score (nSPS) is 15.0. The Hall–Kier alpha value is -2.68. The Morgan fingerprint density at radius 1 is 1.13 bits per heavy atom. The molecule has 4 rings (SSSR count). The number of rotatable bonds is 8. The van der Waals surface area contributed by atoms with Crippen LogP contribution >= 0.6 is 0 Å². The molecule has 30 heavy (non-hydrogen) atoms. The molecule has 3 aromatic rings. The lowest BCUT2D eigenvalue weighted by Gasteiger charge is -2.26. The predicted molar refractivity (Wildman–Crippen MR) is 116 cm³/mol. The molecule has 1 saturated heterocycles. The standard InChI is InChI=1S/C22H29N5O3/c1-16-3-6-21(29)19(24-16)14-27-20-5-4-17(15-28)13-18(20)25-22(27)23-7-2-8-26-9-11-30-12-10-26/h3-6,13,28-29H,2,7-12,14-15H2,1H3,(H,23,25). The second-order valence-corrected chi connectivity index (χ2v) is 7.66. The van der Waals surface area contributed by atoms with Gasteiger partial charge in [-0.15, -0.1) is 0 Å². The molecule has 1 aliphatic heterocycles. The van der Waals surface area contributed by atoms with Crippen LogP contribution in [0.15, 0.2) is 30.3 Å². The van der Waals surface area contributed by atoms with Gasteiger partial charge in [0.05, 0.1) is 37.4 Å². The molecule has 1 fully saturated rings. The first-order valence-electron chi connectivity index (χ1n) is 10.4. The molecule has 0 unspecified atom stereocenters. The number of aromatic hydroxyl groups is 1. The summed E-state index contributed by atoms with van der Waals surface area (Å²) in [6.45, 7) is 7.70. The van der Waals surface area contributed by atoms with Crippen molar-refractivity contribution in [2.45, 2.75) is 26.5 Å². The van der Waals surface area contributed by atoms with Crippen LogP contribution in [0, 0.1) is 6.92 Å². The van der Waals surface area contributed by atoms with E-state index in [9.17, 15) is 10.2 Å². The first-order valence-corrected chi connectivity index (χ1v) is 10.4. The molecule has 0 saturated carbocycles. The first-order chi connectivity index (χ1) is 14.6. The van der Waals surface area contributed by atoms with E-state index in [-0.39, 0.29) is 12.4 Å². The number of aryl methyl sites for hydroxylation is 1. The molecule has 0 bridgehead atoms. The molecule has 1 aromatic carbocycles. The van der Waals surface area contributed by atoms with Crippen molar-refractivity contribution < 1.29 is 14.9 Å². The maximum atomic E-state index is 10.3. The van der Waals surface area contributed by atoms with Gasteiger partial charge in [-0.25, -0.2) is 4.98 Å². The Morgan fingerprint density at radius 3 is 2.77 bits per heavy atom. The molecular weight excluding hydrogens is 382 g/mol. The average Bonchev–Trinajstić information content (AvgIpc) is 3.11. The van der Waals surface area contributed by atoms with E-state index in [0.717, 1.165) is 74.1 Å². The smallest absolute Gasteiger partial charge is 0.204 e. The maximum absolute atomic E-state index is 10.3. The van der Waals surface area contributed by atoms with Gasteiger partial charge in [-0.2, -0.15) is 0 Å². The minimum atomic E-state index is -0.0225. The number of fused-ring (bicyclic) bond motifs is 1. The monoisotopic (exact) mass is 411 g/mol. The van der Waals surface area contributed by atoms with Crippen molar-refractivity contribution in [3.63, 3.8) is 0 Å². The summed E-state index contributed by atoms with van der Waals surface area (Å²) in [4.78, 5) is 11.7. The number of pyridine rings is 1. The van der Waals surface area contributed by atoms with Crippen LogP contribution in [-0.2, 0) is 17.9 Å². The SMILES string of the molecule is Cc1ccc(O)c(Cn2c(NCCCN3CCOCC3)nc3cc(CO)ccc32)n1. The van der Waals surface area contributed by atoms with Crippen molar-refractivity contribution >= 4 is 17.0 Å². The first kappa shape index (κ1) is 20.6. The summed E-state index contributed by atoms with van der Waals surface area (Å²) < 4.78 is 7.44. The van der Waals surface area contributed by atoms with E-state index < -0.39 is 0 Å². The van der Waals surface area contributed by atoms with Crippen molar-refractivity contribution in [1.82, 2.24) is 19.4 Å². The van der Waals surface area contributed by atoms with Crippen LogP contribution in [0.5, 0.6) is 5.75 Å². The molecule has 0 radical (unpaired) electrons. The van der Waals surface area contributed by atoms with Crippen LogP contribution in [0.25, 0.3) is 11.0 Å². The highest BCUT2D eigenvalue weighted by molar-refractivity contribution is 5.79. The third kappa shape index (κ3) is 4.72. The number of morpholine rings is 1. The minimum Gasteiger partial charge on any atom is -0.506 e. The molecule has 8 heteroatoms. The zero-order valence-corrected chi connectivity index (χ0v) is 17.3. The Morgan fingerprint density at radius 2 is 1.97 bits per heavy atom. The van der Waals surface area contributed by atoms with E-state index >= 15 is 0 Å². The van der Waals surface area contributed by atoms with E-state index in [1.165, 1.54) is 0 Å². The summed E-state index contributed by atoms with van der Waals surface area (Å²) in [5, 5.41) is 23.2. The van der Waals surface area contributed by atoms with E-state index in [1.54, 1.807) is 12.1 Å². The van der Waals surface area contributed by atoms with E-state index in [1.807, 2.05) is 29.7 Å². The largest absolute Gasteiger partial charge is 0.506 e. The number of aliphatic hydroxyl groups excluding tert-OH is 1. The fourth-order valence-electron chi connectivity index (χ4n) is 3.77. The summed E-state index contributed by atoms with van der Waals surface area (Å²) in [7, 11) is 0. The molecule has 0 aliphatic carbocycles. The Kier molecular flexibility index (Phi) is 6.47. The van der Waals surface area contributed by atoms with E-state index in [4.69, 9.17) is 9.72 Å². The number of hydrogen-bond donors (Lipinski definition) is 3. The Balaban J connectivity index is 1.54. The molecule has 0 amide bonds. The molecule has 3 N–H and O–H groups in total. The van der Waals surface area contributed by atoms with Gasteiger partial charge in [-0.3, -0.25) is 9.88 Å². The van der Waals surface area contributed by atoms with Gasteiger partial charge in [0.15, 0.2) is 0 Å². The zero-order valence-electron chi connectivity index (χ0n) is 17.3. The number of aliphatic hydroxyl groups is 1. The molecule has 8 nitrogen and oxygen atoms in total. The highest BCUT2D eigenvalue weighted by Crippen LogP contribution is 2.25. The topological polar surface area (TPSA) is 95.7 Å². The van der Waals surface area contributed by atoms with Gasteiger partial charge in [0.2, 0.25) is 5.95 Å². The van der Waals surface area contributed by atoms with Crippen molar-refractivity contribution in [1.29, 1.82) is 0 Å². The van der Waals surface area contributed by atoms with Crippen LogP contribution < -0.4 is 5.32 Å². The molecule has 0 spiro atoms. The van der Waals surface area contributed by atoms with Gasteiger partial charge < -0.3 is 24.8 Å². The number of hydrogen-bond acceptors (Lipinski definition) is 7. The third-order valence-electron chi connectivity index (χ3n) is 5.43. The van der Waals surface area contributed by atoms with Gasteiger partial charge in [0, 0.05) is 25.3 Å². The minimum absolute atomic E-state index is 0.0225. The number of aromatic nitrogens is 3. The average molecular weight is 412 g/mol. The van der Waals surface area contributed by atoms with Crippen LogP contribution in [-0.4, -0.2) is 69.0 Å². The molecule has 1 aliphatic rings. The van der Waals surface area contributed by atoms with Gasteiger partial charge in [0.25, 0.3) is 0 Å². The Labute approximate surface area is 176 Å². The fraction of sp³-hybridized carbons (Fsp3) is 0.455. The number of nitrogens with zero attached hydrogens (tertiary/aromatic N) is 4. The highest BCUT2D eigenvalue weighted by atomic mass is 16.5. The zero-order chi connectivity index (χ0) is 20.9. The van der Waals surface area contributed by atoms with Crippen LogP contribution in [0.4, 0.5) is 5.95 Å². The van der Waals surface area contributed by atoms with Gasteiger partial charge >= 0.3 is 0 Å². The second kappa shape index (κ2) is 9.42. The van der Waals surface area contributed by atoms with Crippen molar-refractivity contribution in [2.75, 3.05) is 44.7 Å². The van der Waals surface area contributed by atoms with E-state index in [0.29, 0.717) is 12.2 Å². The summed E-state index contributed by atoms with van der Waals surface area (Å²) in [6, 6.07) is 9.22. The third-order valence-corrected chi connectivity index (χ3v) is 5.43. The van der Waals surface area contributed by atoms with Gasteiger partial charge in [-0.05, 0) is 49.7 Å².